The molecule has 0 bridgehead atoms. The number of amides is 2. The lowest BCUT2D eigenvalue weighted by Gasteiger charge is -2.29. The van der Waals surface area contributed by atoms with Crippen LogP contribution in [0.15, 0.2) is 41.8 Å². The number of anilines is 1. The number of thiophene rings is 1. The zero-order valence-corrected chi connectivity index (χ0v) is 17.3. The molecule has 0 radical (unpaired) electrons. The normalized spacial score (nSPS) is 11.6. The van der Waals surface area contributed by atoms with Crippen LogP contribution in [-0.4, -0.2) is 11.8 Å². The molecule has 0 unspecified atom stereocenters. The smallest absolute Gasteiger partial charge is 0.230 e. The first-order valence-corrected chi connectivity index (χ1v) is 10.3. The van der Waals surface area contributed by atoms with Crippen molar-refractivity contribution in [1.29, 1.82) is 10.5 Å². The van der Waals surface area contributed by atoms with Gasteiger partial charge >= 0.3 is 0 Å². The van der Waals surface area contributed by atoms with Crippen molar-refractivity contribution in [2.24, 2.45) is 0 Å². The molecule has 6 heteroatoms. The molecule has 0 atom stereocenters. The Morgan fingerprint density at radius 3 is 2.20 bits per heavy atom. The minimum absolute atomic E-state index is 0.0823. The third kappa shape index (κ3) is 2.90. The minimum atomic E-state index is -0.531. The van der Waals surface area contributed by atoms with E-state index in [1.54, 1.807) is 0 Å². The summed E-state index contributed by atoms with van der Waals surface area (Å²) >= 11 is 1.49. The predicted molar refractivity (Wildman–Crippen MR) is 116 cm³/mol. The molecule has 1 aliphatic rings. The third-order valence-corrected chi connectivity index (χ3v) is 6.24. The number of hydrogen-bond donors (Lipinski definition) is 0. The van der Waals surface area contributed by atoms with Gasteiger partial charge in [0.15, 0.2) is 0 Å². The van der Waals surface area contributed by atoms with Crippen LogP contribution in [0.25, 0.3) is 21.6 Å². The highest BCUT2D eigenvalue weighted by Gasteiger charge is 2.33. The monoisotopic (exact) mass is 411 g/mol. The van der Waals surface area contributed by atoms with Crippen LogP contribution in [0.4, 0.5) is 5.69 Å². The molecule has 0 saturated heterocycles. The van der Waals surface area contributed by atoms with Gasteiger partial charge in [-0.1, -0.05) is 30.3 Å². The molecular weight excluding hydrogens is 394 g/mol. The Morgan fingerprint density at radius 2 is 1.60 bits per heavy atom. The summed E-state index contributed by atoms with van der Waals surface area (Å²) in [6, 6.07) is 16.1. The first-order chi connectivity index (χ1) is 14.5. The van der Waals surface area contributed by atoms with E-state index in [9.17, 15) is 20.1 Å². The maximum absolute atomic E-state index is 12.4. The Kier molecular flexibility index (Phi) is 4.95. The summed E-state index contributed by atoms with van der Waals surface area (Å²) in [7, 11) is 0. The van der Waals surface area contributed by atoms with Crippen molar-refractivity contribution in [1.82, 2.24) is 0 Å². The van der Waals surface area contributed by atoms with Gasteiger partial charge in [-0.25, -0.2) is 4.90 Å². The number of carbonyl (C=O) groups excluding carboxylic acids is 2. The van der Waals surface area contributed by atoms with Gasteiger partial charge in [0, 0.05) is 29.9 Å². The van der Waals surface area contributed by atoms with Crippen molar-refractivity contribution in [3.05, 3.63) is 64.0 Å². The lowest BCUT2D eigenvalue weighted by molar-refractivity contribution is -0.124. The van der Waals surface area contributed by atoms with Crippen LogP contribution >= 0.6 is 11.3 Å². The van der Waals surface area contributed by atoms with E-state index in [0.717, 1.165) is 32.9 Å². The predicted octanol–water partition coefficient (Wildman–Crippen LogP) is 4.82. The number of aryl methyl sites for hydroxylation is 1. The molecule has 1 aliphatic carbocycles. The van der Waals surface area contributed by atoms with Crippen molar-refractivity contribution in [3.63, 3.8) is 0 Å². The van der Waals surface area contributed by atoms with Crippen molar-refractivity contribution in [2.45, 2.75) is 26.7 Å². The Labute approximate surface area is 178 Å². The topological polar surface area (TPSA) is 85.0 Å². The van der Waals surface area contributed by atoms with E-state index >= 15 is 0 Å². The largest absolute Gasteiger partial charge is 0.274 e. The molecule has 146 valence electrons. The van der Waals surface area contributed by atoms with Gasteiger partial charge < -0.3 is 0 Å². The van der Waals surface area contributed by atoms with E-state index < -0.39 is 11.8 Å². The van der Waals surface area contributed by atoms with Crippen molar-refractivity contribution < 1.29 is 9.59 Å². The lowest BCUT2D eigenvalue weighted by Crippen LogP contribution is -2.35. The highest BCUT2D eigenvalue weighted by atomic mass is 32.1. The number of nitrogens with zero attached hydrogens (tertiary/aromatic N) is 3. The van der Waals surface area contributed by atoms with Crippen molar-refractivity contribution in [2.75, 3.05) is 4.90 Å². The van der Waals surface area contributed by atoms with Gasteiger partial charge in [0.2, 0.25) is 11.8 Å². The lowest BCUT2D eigenvalue weighted by atomic mass is 9.78. The average molecular weight is 411 g/mol. The van der Waals surface area contributed by atoms with Gasteiger partial charge in [-0.05, 0) is 41.0 Å². The van der Waals surface area contributed by atoms with Crippen molar-refractivity contribution in [3.8, 4) is 33.7 Å². The SMILES string of the molecule is CC(=O)N(C(C)=O)c1c(C#N)c(-c2cccs2)c2c(c1C#N)-c1ccccc1CC2. The zero-order chi connectivity index (χ0) is 21.4. The van der Waals surface area contributed by atoms with Crippen LogP contribution < -0.4 is 4.90 Å². The molecule has 3 aromatic rings. The second kappa shape index (κ2) is 7.59. The number of benzene rings is 2. The molecule has 0 spiro atoms. The number of carbonyl (C=O) groups is 2. The van der Waals surface area contributed by atoms with Gasteiger partial charge in [0.05, 0.1) is 16.8 Å². The Hall–Kier alpha value is -3.74. The van der Waals surface area contributed by atoms with E-state index in [4.69, 9.17) is 0 Å². The molecule has 30 heavy (non-hydrogen) atoms. The number of fused-ring (bicyclic) bond motifs is 3. The first kappa shape index (κ1) is 19.6. The fraction of sp³-hybridized carbons (Fsp3) is 0.167. The molecule has 1 aromatic heterocycles. The average Bonchev–Trinajstić information content (AvgIpc) is 3.26. The number of imide groups is 1. The molecule has 5 nitrogen and oxygen atoms in total. The molecular formula is C24H17N3O2S. The van der Waals surface area contributed by atoms with E-state index in [-0.39, 0.29) is 16.8 Å². The maximum Gasteiger partial charge on any atom is 0.230 e. The zero-order valence-electron chi connectivity index (χ0n) is 16.5. The Balaban J connectivity index is 2.25. The summed E-state index contributed by atoms with van der Waals surface area (Å²) in [6.07, 6.45) is 1.46. The third-order valence-electron chi connectivity index (χ3n) is 5.35. The first-order valence-electron chi connectivity index (χ1n) is 9.46. The second-order valence-corrected chi connectivity index (χ2v) is 8.01. The second-order valence-electron chi connectivity index (χ2n) is 7.06. The summed E-state index contributed by atoms with van der Waals surface area (Å²) < 4.78 is 0. The van der Waals surface area contributed by atoms with Gasteiger partial charge in [0.1, 0.15) is 12.1 Å². The van der Waals surface area contributed by atoms with E-state index in [2.05, 4.69) is 12.1 Å². The maximum atomic E-state index is 12.4. The summed E-state index contributed by atoms with van der Waals surface area (Å²) in [5.74, 6) is -1.06. The highest BCUT2D eigenvalue weighted by Crippen LogP contribution is 2.48. The van der Waals surface area contributed by atoms with Gasteiger partial charge in [0.25, 0.3) is 0 Å². The molecule has 0 aliphatic heterocycles. The summed E-state index contributed by atoms with van der Waals surface area (Å²) in [6.45, 7) is 2.53. The number of rotatable bonds is 2. The minimum Gasteiger partial charge on any atom is -0.274 e. The van der Waals surface area contributed by atoms with Gasteiger partial charge in [-0.2, -0.15) is 10.5 Å². The standard InChI is InChI=1S/C24H17N3O2S/c1-14(28)27(15(2)29)24-19(12-25)22-17-7-4-3-6-16(17)9-10-18(22)23(20(24)13-26)21-8-5-11-30-21/h3-8,11H,9-10H2,1-2H3. The van der Waals surface area contributed by atoms with E-state index in [0.29, 0.717) is 17.5 Å². The molecule has 1 heterocycles. The fourth-order valence-electron chi connectivity index (χ4n) is 4.25. The van der Waals surface area contributed by atoms with Gasteiger partial charge in [-0.3, -0.25) is 9.59 Å². The summed E-state index contributed by atoms with van der Waals surface area (Å²) in [5, 5.41) is 22.2. The molecule has 4 rings (SSSR count). The van der Waals surface area contributed by atoms with E-state index in [1.807, 2.05) is 41.8 Å². The molecule has 2 amide bonds. The van der Waals surface area contributed by atoms with Crippen LogP contribution in [0, 0.1) is 22.7 Å². The molecule has 2 aromatic carbocycles. The van der Waals surface area contributed by atoms with Crippen LogP contribution in [0.1, 0.15) is 36.1 Å². The Bertz CT molecular complexity index is 1260. The molecule has 0 N–H and O–H groups in total. The number of hydrogen-bond acceptors (Lipinski definition) is 5. The quantitative estimate of drug-likeness (QED) is 0.605. The Morgan fingerprint density at radius 1 is 0.933 bits per heavy atom. The summed E-state index contributed by atoms with van der Waals surface area (Å²) in [5.41, 5.74) is 4.82. The van der Waals surface area contributed by atoms with Crippen LogP contribution in [-0.2, 0) is 22.4 Å². The van der Waals surface area contributed by atoms with Crippen LogP contribution in [0.2, 0.25) is 0 Å². The summed E-state index contributed by atoms with van der Waals surface area (Å²) in [4.78, 5) is 26.7. The van der Waals surface area contributed by atoms with Gasteiger partial charge in [-0.15, -0.1) is 11.3 Å². The van der Waals surface area contributed by atoms with Crippen LogP contribution in [0.5, 0.6) is 0 Å². The number of nitriles is 2. The fourth-order valence-corrected chi connectivity index (χ4v) is 5.05. The highest BCUT2D eigenvalue weighted by molar-refractivity contribution is 7.13. The van der Waals surface area contributed by atoms with Crippen LogP contribution in [0.3, 0.4) is 0 Å². The van der Waals surface area contributed by atoms with E-state index in [1.165, 1.54) is 25.2 Å². The molecule has 0 fully saturated rings. The molecule has 0 saturated carbocycles. The van der Waals surface area contributed by atoms with Crippen molar-refractivity contribution >= 4 is 28.8 Å².